The van der Waals surface area contributed by atoms with Crippen molar-refractivity contribution in [3.63, 3.8) is 0 Å². The molecule has 24 heavy (non-hydrogen) atoms. The first-order chi connectivity index (χ1) is 11.7. The third-order valence-corrected chi connectivity index (χ3v) is 6.10. The second-order valence-corrected chi connectivity index (χ2v) is 7.85. The van der Waals surface area contributed by atoms with Crippen molar-refractivity contribution < 1.29 is 5.11 Å². The van der Waals surface area contributed by atoms with Crippen LogP contribution >= 0.6 is 0 Å². The predicted molar refractivity (Wildman–Crippen MR) is 100 cm³/mol. The van der Waals surface area contributed by atoms with Crippen LogP contribution in [-0.2, 0) is 6.54 Å². The van der Waals surface area contributed by atoms with Crippen LogP contribution in [0.3, 0.4) is 0 Å². The van der Waals surface area contributed by atoms with Gasteiger partial charge in [-0.05, 0) is 49.8 Å². The molecule has 0 radical (unpaired) electrons. The number of aliphatic hydroxyl groups excluding tert-OH is 1. The summed E-state index contributed by atoms with van der Waals surface area (Å²) >= 11 is 0. The van der Waals surface area contributed by atoms with Gasteiger partial charge in [0.15, 0.2) is 0 Å². The molecule has 1 saturated heterocycles. The average Bonchev–Trinajstić information content (AvgIpc) is 2.60. The van der Waals surface area contributed by atoms with Gasteiger partial charge in [-0.1, -0.05) is 37.5 Å². The van der Waals surface area contributed by atoms with Gasteiger partial charge in [-0.15, -0.1) is 0 Å². The number of benzene rings is 1. The highest BCUT2D eigenvalue weighted by Crippen LogP contribution is 2.27. The highest BCUT2D eigenvalue weighted by molar-refractivity contribution is 5.29. The minimum absolute atomic E-state index is 0.311. The van der Waals surface area contributed by atoms with Crippen molar-refractivity contribution in [1.82, 2.24) is 9.80 Å². The standard InChI is InChI=1S/C21H34N2O/c1-17-8-9-19(14-18(17)2)15-22-11-12-23(21(16-22)10-13-24)20-6-4-3-5-7-20/h8-9,14,20-21,24H,3-7,10-13,15-16H2,1-2H3/t21-/m1/s1. The monoisotopic (exact) mass is 330 g/mol. The molecular weight excluding hydrogens is 296 g/mol. The van der Waals surface area contributed by atoms with E-state index in [9.17, 15) is 5.11 Å². The first kappa shape index (κ1) is 17.9. The highest BCUT2D eigenvalue weighted by Gasteiger charge is 2.32. The molecule has 1 aliphatic carbocycles. The average molecular weight is 331 g/mol. The first-order valence-electron chi connectivity index (χ1n) is 9.82. The van der Waals surface area contributed by atoms with Crippen LogP contribution in [0.15, 0.2) is 18.2 Å². The quantitative estimate of drug-likeness (QED) is 0.895. The number of aliphatic hydroxyl groups is 1. The van der Waals surface area contributed by atoms with Gasteiger partial charge < -0.3 is 5.11 Å². The Balaban J connectivity index is 1.62. The Morgan fingerprint density at radius 3 is 2.54 bits per heavy atom. The fourth-order valence-corrected chi connectivity index (χ4v) is 4.54. The predicted octanol–water partition coefficient (Wildman–Crippen LogP) is 3.50. The largest absolute Gasteiger partial charge is 0.396 e. The summed E-state index contributed by atoms with van der Waals surface area (Å²) in [6.45, 7) is 9.16. The fraction of sp³-hybridized carbons (Fsp3) is 0.714. The molecule has 0 spiro atoms. The Morgan fingerprint density at radius 1 is 1.04 bits per heavy atom. The van der Waals surface area contributed by atoms with E-state index in [1.807, 2.05) is 0 Å². The molecule has 1 aromatic carbocycles. The van der Waals surface area contributed by atoms with E-state index in [-0.39, 0.29) is 0 Å². The van der Waals surface area contributed by atoms with E-state index in [1.165, 1.54) is 55.3 Å². The molecule has 3 heteroatoms. The van der Waals surface area contributed by atoms with Gasteiger partial charge >= 0.3 is 0 Å². The third-order valence-electron chi connectivity index (χ3n) is 6.10. The molecule has 1 aliphatic heterocycles. The molecule has 0 unspecified atom stereocenters. The van der Waals surface area contributed by atoms with Crippen LogP contribution in [0.5, 0.6) is 0 Å². The summed E-state index contributed by atoms with van der Waals surface area (Å²) in [6.07, 6.45) is 7.82. The third kappa shape index (κ3) is 4.38. The van der Waals surface area contributed by atoms with Crippen molar-refractivity contribution in [3.8, 4) is 0 Å². The number of aryl methyl sites for hydroxylation is 2. The van der Waals surface area contributed by atoms with Crippen molar-refractivity contribution >= 4 is 0 Å². The molecule has 1 N–H and O–H groups in total. The summed E-state index contributed by atoms with van der Waals surface area (Å²) in [6, 6.07) is 8.15. The van der Waals surface area contributed by atoms with E-state index < -0.39 is 0 Å². The molecule has 3 nitrogen and oxygen atoms in total. The molecule has 134 valence electrons. The van der Waals surface area contributed by atoms with E-state index in [1.54, 1.807) is 0 Å². The summed E-state index contributed by atoms with van der Waals surface area (Å²) < 4.78 is 0. The minimum atomic E-state index is 0.311. The van der Waals surface area contributed by atoms with Gasteiger partial charge in [0, 0.05) is 44.9 Å². The molecule has 0 aromatic heterocycles. The van der Waals surface area contributed by atoms with Gasteiger partial charge in [-0.3, -0.25) is 9.80 Å². The van der Waals surface area contributed by atoms with Crippen LogP contribution in [0.2, 0.25) is 0 Å². The van der Waals surface area contributed by atoms with Gasteiger partial charge in [0.1, 0.15) is 0 Å². The first-order valence-corrected chi connectivity index (χ1v) is 9.82. The molecular formula is C21H34N2O. The molecule has 2 fully saturated rings. The van der Waals surface area contributed by atoms with E-state index in [0.29, 0.717) is 12.6 Å². The summed E-state index contributed by atoms with van der Waals surface area (Å²) in [5.74, 6) is 0. The van der Waals surface area contributed by atoms with Gasteiger partial charge in [-0.2, -0.15) is 0 Å². The maximum absolute atomic E-state index is 9.53. The van der Waals surface area contributed by atoms with Crippen molar-refractivity contribution in [3.05, 3.63) is 34.9 Å². The lowest BCUT2D eigenvalue weighted by molar-refractivity contribution is 0.0137. The second-order valence-electron chi connectivity index (χ2n) is 7.85. The van der Waals surface area contributed by atoms with Crippen molar-refractivity contribution in [2.75, 3.05) is 26.2 Å². The molecule has 1 saturated carbocycles. The zero-order valence-electron chi connectivity index (χ0n) is 15.5. The van der Waals surface area contributed by atoms with Crippen LogP contribution in [0.25, 0.3) is 0 Å². The maximum atomic E-state index is 9.53. The Hall–Kier alpha value is -0.900. The Morgan fingerprint density at radius 2 is 1.83 bits per heavy atom. The number of piperazine rings is 1. The van der Waals surface area contributed by atoms with Crippen LogP contribution < -0.4 is 0 Å². The molecule has 1 heterocycles. The van der Waals surface area contributed by atoms with E-state index in [4.69, 9.17) is 0 Å². The lowest BCUT2D eigenvalue weighted by Crippen LogP contribution is -2.56. The lowest BCUT2D eigenvalue weighted by Gasteiger charge is -2.46. The zero-order valence-corrected chi connectivity index (χ0v) is 15.5. The van der Waals surface area contributed by atoms with Gasteiger partial charge in [0.2, 0.25) is 0 Å². The van der Waals surface area contributed by atoms with Crippen LogP contribution in [0, 0.1) is 13.8 Å². The Labute approximate surface area is 147 Å². The Bertz CT molecular complexity index is 525. The summed E-state index contributed by atoms with van der Waals surface area (Å²) in [5, 5.41) is 9.53. The van der Waals surface area contributed by atoms with Crippen molar-refractivity contribution in [2.24, 2.45) is 0 Å². The SMILES string of the molecule is Cc1ccc(CN2CCN(C3CCCCC3)[C@H](CCO)C2)cc1C. The molecule has 0 bridgehead atoms. The lowest BCUT2D eigenvalue weighted by atomic mass is 9.91. The zero-order chi connectivity index (χ0) is 16.9. The maximum Gasteiger partial charge on any atom is 0.0446 e. The van der Waals surface area contributed by atoms with Crippen molar-refractivity contribution in [2.45, 2.75) is 71.0 Å². The molecule has 0 amide bonds. The van der Waals surface area contributed by atoms with Crippen LogP contribution in [-0.4, -0.2) is 53.2 Å². The topological polar surface area (TPSA) is 26.7 Å². The van der Waals surface area contributed by atoms with Gasteiger partial charge in [0.05, 0.1) is 0 Å². The molecule has 1 atom stereocenters. The summed E-state index contributed by atoms with van der Waals surface area (Å²) in [5.41, 5.74) is 4.19. The second kappa shape index (κ2) is 8.46. The molecule has 3 rings (SSSR count). The number of rotatable bonds is 5. The Kier molecular flexibility index (Phi) is 6.31. The number of hydrogen-bond acceptors (Lipinski definition) is 3. The number of hydrogen-bond donors (Lipinski definition) is 1. The van der Waals surface area contributed by atoms with Crippen molar-refractivity contribution in [1.29, 1.82) is 0 Å². The van der Waals surface area contributed by atoms with E-state index >= 15 is 0 Å². The summed E-state index contributed by atoms with van der Waals surface area (Å²) in [7, 11) is 0. The minimum Gasteiger partial charge on any atom is -0.396 e. The van der Waals surface area contributed by atoms with E-state index in [2.05, 4.69) is 41.8 Å². The molecule has 2 aliphatic rings. The van der Waals surface area contributed by atoms with Crippen LogP contribution in [0.4, 0.5) is 0 Å². The number of nitrogens with zero attached hydrogens (tertiary/aromatic N) is 2. The van der Waals surface area contributed by atoms with Crippen LogP contribution in [0.1, 0.15) is 55.2 Å². The van der Waals surface area contributed by atoms with Gasteiger partial charge in [0.25, 0.3) is 0 Å². The smallest absolute Gasteiger partial charge is 0.0446 e. The normalized spacial score (nSPS) is 24.4. The molecule has 1 aromatic rings. The van der Waals surface area contributed by atoms with Gasteiger partial charge in [-0.25, -0.2) is 0 Å². The highest BCUT2D eigenvalue weighted by atomic mass is 16.3. The van der Waals surface area contributed by atoms with E-state index in [0.717, 1.165) is 32.1 Å². The summed E-state index contributed by atoms with van der Waals surface area (Å²) in [4.78, 5) is 5.32. The fourth-order valence-electron chi connectivity index (χ4n) is 4.54.